The van der Waals surface area contributed by atoms with Crippen LogP contribution in [0.1, 0.15) is 32.3 Å². The van der Waals surface area contributed by atoms with Crippen molar-refractivity contribution in [2.45, 2.75) is 38.6 Å². The summed E-state index contributed by atoms with van der Waals surface area (Å²) in [5.74, 6) is -1.49. The molecule has 1 aromatic heterocycles. The maximum Gasteiger partial charge on any atom is 0.325 e. The van der Waals surface area contributed by atoms with Gasteiger partial charge < -0.3 is 10.3 Å². The van der Waals surface area contributed by atoms with Crippen LogP contribution in [0.3, 0.4) is 0 Å². The van der Waals surface area contributed by atoms with E-state index >= 15 is 0 Å². The number of benzene rings is 1. The molecule has 0 atom stereocenters. The molecule has 1 aliphatic heterocycles. The average molecular weight is 385 g/mol. The monoisotopic (exact) mass is 385 g/mol. The maximum atomic E-state index is 12.5. The van der Waals surface area contributed by atoms with Gasteiger partial charge in [0, 0.05) is 17.1 Å². The van der Waals surface area contributed by atoms with Crippen LogP contribution in [0.2, 0.25) is 0 Å². The van der Waals surface area contributed by atoms with Gasteiger partial charge in [-0.2, -0.15) is 0 Å². The van der Waals surface area contributed by atoms with Crippen LogP contribution < -0.4 is 16.2 Å². The highest BCUT2D eigenvalue weighted by Crippen LogP contribution is 2.24. The lowest BCUT2D eigenvalue weighted by atomic mass is 9.93. The lowest BCUT2D eigenvalue weighted by Gasteiger charge is -2.23. The lowest BCUT2D eigenvalue weighted by Crippen LogP contribution is -2.49. The van der Waals surface area contributed by atoms with Gasteiger partial charge in [-0.3, -0.25) is 30.1 Å². The van der Waals surface area contributed by atoms with Crippen molar-refractivity contribution in [3.8, 4) is 0 Å². The molecular weight excluding hydrogens is 362 g/mol. The van der Waals surface area contributed by atoms with Crippen LogP contribution in [-0.2, 0) is 20.8 Å². The largest absolute Gasteiger partial charge is 0.361 e. The highest BCUT2D eigenvalue weighted by atomic mass is 16.2. The van der Waals surface area contributed by atoms with Gasteiger partial charge in [0.15, 0.2) is 0 Å². The molecule has 0 bridgehead atoms. The molecule has 148 valence electrons. The molecule has 1 fully saturated rings. The topological polar surface area (TPSA) is 123 Å². The van der Waals surface area contributed by atoms with E-state index in [1.807, 2.05) is 24.3 Å². The predicted octanol–water partition coefficient (Wildman–Crippen LogP) is 0.968. The number of hydrogen-bond donors (Lipinski definition) is 4. The Balaban J connectivity index is 1.53. The second-order valence-electron chi connectivity index (χ2n) is 6.74. The van der Waals surface area contributed by atoms with Gasteiger partial charge in [0.2, 0.25) is 5.91 Å². The van der Waals surface area contributed by atoms with E-state index in [9.17, 15) is 19.2 Å². The summed E-state index contributed by atoms with van der Waals surface area (Å²) in [5.41, 5.74) is 5.32. The quantitative estimate of drug-likeness (QED) is 0.437. The molecule has 3 rings (SSSR count). The Labute approximate surface area is 161 Å². The van der Waals surface area contributed by atoms with Crippen molar-refractivity contribution in [3.63, 3.8) is 0 Å². The van der Waals surface area contributed by atoms with Crippen molar-refractivity contribution >= 4 is 34.7 Å². The van der Waals surface area contributed by atoms with Crippen LogP contribution in [0, 0.1) is 0 Å². The number of amides is 5. The second kappa shape index (κ2) is 7.71. The summed E-state index contributed by atoms with van der Waals surface area (Å²) in [4.78, 5) is 52.7. The van der Waals surface area contributed by atoms with Crippen molar-refractivity contribution in [1.82, 2.24) is 26.1 Å². The minimum atomic E-state index is -0.962. The third kappa shape index (κ3) is 3.55. The van der Waals surface area contributed by atoms with Gasteiger partial charge in [-0.1, -0.05) is 32.0 Å². The zero-order chi connectivity index (χ0) is 20.3. The zero-order valence-electron chi connectivity index (χ0n) is 15.8. The number of aromatic nitrogens is 1. The van der Waals surface area contributed by atoms with Gasteiger partial charge in [0.25, 0.3) is 11.8 Å². The highest BCUT2D eigenvalue weighted by molar-refractivity contribution is 6.09. The molecule has 9 heteroatoms. The summed E-state index contributed by atoms with van der Waals surface area (Å²) < 4.78 is 0. The lowest BCUT2D eigenvalue weighted by molar-refractivity contribution is -0.136. The third-order valence-corrected chi connectivity index (χ3v) is 5.12. The number of carbonyl (C=O) groups excluding carboxylic acids is 4. The first-order valence-electron chi connectivity index (χ1n) is 9.17. The summed E-state index contributed by atoms with van der Waals surface area (Å²) in [6.07, 6.45) is 2.69. The molecule has 1 aromatic carbocycles. The molecule has 2 heterocycles. The number of hydrogen-bond acceptors (Lipinski definition) is 4. The molecule has 2 aromatic rings. The molecule has 28 heavy (non-hydrogen) atoms. The van der Waals surface area contributed by atoms with Gasteiger partial charge in [0.05, 0.1) is 6.42 Å². The first-order valence-corrected chi connectivity index (χ1v) is 9.17. The van der Waals surface area contributed by atoms with Crippen LogP contribution >= 0.6 is 0 Å². The molecule has 4 N–H and O–H groups in total. The summed E-state index contributed by atoms with van der Waals surface area (Å²) in [7, 11) is 0. The number of imide groups is 1. The Morgan fingerprint density at radius 1 is 1.07 bits per heavy atom. The molecule has 1 saturated heterocycles. The van der Waals surface area contributed by atoms with Crippen molar-refractivity contribution < 1.29 is 19.2 Å². The Bertz CT molecular complexity index is 931. The zero-order valence-corrected chi connectivity index (χ0v) is 15.8. The molecule has 5 amide bonds. The average Bonchev–Trinajstić information content (AvgIpc) is 3.20. The Hall–Kier alpha value is -3.36. The number of para-hydroxylation sites is 1. The first kappa shape index (κ1) is 19.4. The Kier molecular flexibility index (Phi) is 5.34. The fraction of sp³-hybridized carbons (Fsp3) is 0.368. The van der Waals surface area contributed by atoms with Crippen LogP contribution in [-0.4, -0.2) is 45.7 Å². The maximum absolute atomic E-state index is 12.5. The van der Waals surface area contributed by atoms with Crippen LogP contribution in [0.5, 0.6) is 0 Å². The van der Waals surface area contributed by atoms with E-state index in [4.69, 9.17) is 0 Å². The number of urea groups is 1. The third-order valence-electron chi connectivity index (χ3n) is 5.12. The van der Waals surface area contributed by atoms with Gasteiger partial charge in [-0.05, 0) is 24.5 Å². The van der Waals surface area contributed by atoms with Gasteiger partial charge in [0.1, 0.15) is 12.1 Å². The number of aromatic amines is 1. The summed E-state index contributed by atoms with van der Waals surface area (Å²) in [5, 5.41) is 3.58. The first-order chi connectivity index (χ1) is 13.4. The molecule has 0 radical (unpaired) electrons. The fourth-order valence-corrected chi connectivity index (χ4v) is 3.37. The van der Waals surface area contributed by atoms with Crippen molar-refractivity contribution in [1.29, 1.82) is 0 Å². The smallest absolute Gasteiger partial charge is 0.325 e. The van der Waals surface area contributed by atoms with E-state index in [1.165, 1.54) is 0 Å². The molecule has 0 unspecified atom stereocenters. The second-order valence-corrected chi connectivity index (χ2v) is 6.74. The SMILES string of the molecule is CCC1(CC)NC(=O)N(CC(=O)NNC(=O)Cc2c[nH]c3ccccc23)C1=O. The molecule has 9 nitrogen and oxygen atoms in total. The summed E-state index contributed by atoms with van der Waals surface area (Å²) in [6, 6.07) is 6.98. The molecule has 0 saturated carbocycles. The van der Waals surface area contributed by atoms with Crippen LogP contribution in [0.25, 0.3) is 10.9 Å². The number of nitrogens with zero attached hydrogens (tertiary/aromatic N) is 1. The number of carbonyl (C=O) groups is 4. The number of nitrogens with one attached hydrogen (secondary N) is 4. The van der Waals surface area contributed by atoms with Crippen LogP contribution in [0.4, 0.5) is 4.79 Å². The normalized spacial score (nSPS) is 15.6. The number of rotatable bonds is 6. The van der Waals surface area contributed by atoms with E-state index < -0.39 is 35.8 Å². The number of H-pyrrole nitrogens is 1. The van der Waals surface area contributed by atoms with E-state index in [-0.39, 0.29) is 6.42 Å². The van der Waals surface area contributed by atoms with E-state index in [1.54, 1.807) is 20.0 Å². The fourth-order valence-electron chi connectivity index (χ4n) is 3.37. The summed E-state index contributed by atoms with van der Waals surface area (Å²) in [6.45, 7) is 3.14. The minimum Gasteiger partial charge on any atom is -0.361 e. The van der Waals surface area contributed by atoms with Crippen molar-refractivity contribution in [3.05, 3.63) is 36.0 Å². The Morgan fingerprint density at radius 3 is 2.43 bits per heavy atom. The Morgan fingerprint density at radius 2 is 1.75 bits per heavy atom. The number of hydrazine groups is 1. The molecule has 1 aliphatic rings. The van der Waals surface area contributed by atoms with Crippen LogP contribution in [0.15, 0.2) is 30.5 Å². The van der Waals surface area contributed by atoms with E-state index in [2.05, 4.69) is 21.2 Å². The van der Waals surface area contributed by atoms with Gasteiger partial charge >= 0.3 is 6.03 Å². The standard InChI is InChI=1S/C19H23N5O4/c1-3-19(4-2)17(27)24(18(28)21-19)11-16(26)23-22-15(25)9-12-10-20-14-8-6-5-7-13(12)14/h5-8,10,20H,3-4,9,11H2,1-2H3,(H,21,28)(H,22,25)(H,23,26). The van der Waals surface area contributed by atoms with Crippen molar-refractivity contribution in [2.24, 2.45) is 0 Å². The van der Waals surface area contributed by atoms with E-state index in [0.29, 0.717) is 12.8 Å². The number of fused-ring (bicyclic) bond motifs is 1. The van der Waals surface area contributed by atoms with E-state index in [0.717, 1.165) is 21.4 Å². The van der Waals surface area contributed by atoms with Gasteiger partial charge in [-0.15, -0.1) is 0 Å². The van der Waals surface area contributed by atoms with Gasteiger partial charge in [-0.25, -0.2) is 4.79 Å². The predicted molar refractivity (Wildman–Crippen MR) is 102 cm³/mol. The highest BCUT2D eigenvalue weighted by Gasteiger charge is 2.49. The molecule has 0 spiro atoms. The summed E-state index contributed by atoms with van der Waals surface area (Å²) >= 11 is 0. The molecule has 0 aliphatic carbocycles. The minimum absolute atomic E-state index is 0.0716. The van der Waals surface area contributed by atoms with Crippen molar-refractivity contribution in [2.75, 3.05) is 6.54 Å². The molecular formula is C19H23N5O4.